The van der Waals surface area contributed by atoms with Crippen molar-refractivity contribution in [1.82, 2.24) is 14.5 Å². The van der Waals surface area contributed by atoms with Crippen molar-refractivity contribution in [3.63, 3.8) is 0 Å². The van der Waals surface area contributed by atoms with Crippen LogP contribution in [0.25, 0.3) is 10.2 Å². The predicted octanol–water partition coefficient (Wildman–Crippen LogP) is 2.57. The van der Waals surface area contributed by atoms with Crippen LogP contribution in [-0.4, -0.2) is 39.2 Å². The number of carbonyl (C=O) groups is 1. The van der Waals surface area contributed by atoms with Gasteiger partial charge in [-0.2, -0.15) is 0 Å². The molecule has 0 aliphatic rings. The molecule has 22 heavy (non-hydrogen) atoms. The number of rotatable bonds is 5. The first kappa shape index (κ1) is 17.0. The molecule has 1 amide bonds. The lowest BCUT2D eigenvalue weighted by atomic mass is 10.2. The molecular weight excluding hydrogens is 318 g/mol. The molecule has 2 rings (SSSR count). The molecule has 0 N–H and O–H groups in total. The molecule has 0 bridgehead atoms. The first-order valence-electron chi connectivity index (χ1n) is 7.27. The van der Waals surface area contributed by atoms with Gasteiger partial charge in [0.05, 0.1) is 11.1 Å². The Morgan fingerprint density at radius 2 is 1.95 bits per heavy atom. The Morgan fingerprint density at radius 1 is 1.32 bits per heavy atom. The van der Waals surface area contributed by atoms with Gasteiger partial charge in [-0.05, 0) is 33.3 Å². The summed E-state index contributed by atoms with van der Waals surface area (Å²) in [6.07, 6.45) is 0. The summed E-state index contributed by atoms with van der Waals surface area (Å²) >= 11 is 2.86. The molecule has 7 heteroatoms. The molecule has 0 atom stereocenters. The highest BCUT2D eigenvalue weighted by molar-refractivity contribution is 7.99. The lowest BCUT2D eigenvalue weighted by Crippen LogP contribution is -2.32. The van der Waals surface area contributed by atoms with Crippen molar-refractivity contribution in [3.05, 3.63) is 20.8 Å². The quantitative estimate of drug-likeness (QED) is 0.620. The maximum Gasteiger partial charge on any atom is 0.262 e. The fourth-order valence-corrected chi connectivity index (χ4v) is 4.22. The van der Waals surface area contributed by atoms with Gasteiger partial charge >= 0.3 is 0 Å². The Kier molecular flexibility index (Phi) is 5.28. The molecule has 0 unspecified atom stereocenters. The van der Waals surface area contributed by atoms with Gasteiger partial charge in [-0.25, -0.2) is 4.98 Å². The normalized spacial score (nSPS) is 11.1. The lowest BCUT2D eigenvalue weighted by Gasteiger charge is -2.18. The molecule has 0 fully saturated rings. The van der Waals surface area contributed by atoms with Gasteiger partial charge in [0.15, 0.2) is 5.16 Å². The number of aromatic nitrogens is 2. The summed E-state index contributed by atoms with van der Waals surface area (Å²) in [6, 6.07) is 0. The topological polar surface area (TPSA) is 55.2 Å². The third-order valence-corrected chi connectivity index (χ3v) is 5.93. The minimum atomic E-state index is -0.0374. The van der Waals surface area contributed by atoms with Gasteiger partial charge in [-0.1, -0.05) is 11.8 Å². The minimum absolute atomic E-state index is 0.0374. The molecule has 2 aromatic heterocycles. The van der Waals surface area contributed by atoms with E-state index in [4.69, 9.17) is 0 Å². The molecule has 5 nitrogen and oxygen atoms in total. The van der Waals surface area contributed by atoms with Gasteiger partial charge in [0.25, 0.3) is 5.56 Å². The highest BCUT2D eigenvalue weighted by atomic mass is 32.2. The Bertz CT molecular complexity index is 760. The van der Waals surface area contributed by atoms with Crippen molar-refractivity contribution in [2.24, 2.45) is 7.05 Å². The maximum atomic E-state index is 12.5. The van der Waals surface area contributed by atoms with E-state index < -0.39 is 0 Å². The number of amides is 1. The van der Waals surface area contributed by atoms with Crippen LogP contribution in [0.5, 0.6) is 0 Å². The molecule has 0 aliphatic carbocycles. The Morgan fingerprint density at radius 3 is 2.55 bits per heavy atom. The number of thiophene rings is 1. The molecule has 0 spiro atoms. The fourth-order valence-electron chi connectivity index (χ4n) is 2.28. The van der Waals surface area contributed by atoms with E-state index in [0.717, 1.165) is 15.3 Å². The second-order valence-electron chi connectivity index (χ2n) is 5.08. The molecule has 0 aliphatic heterocycles. The van der Waals surface area contributed by atoms with Crippen LogP contribution >= 0.6 is 23.1 Å². The first-order chi connectivity index (χ1) is 10.4. The third kappa shape index (κ3) is 3.05. The molecular formula is C15H21N3O2S2. The van der Waals surface area contributed by atoms with Gasteiger partial charge in [-0.3, -0.25) is 14.2 Å². The standard InChI is InChI=1S/C15H21N3O2S2/c1-6-18(7-2)11(19)8-21-15-16-13-12(14(20)17(15)5)9(3)10(4)22-13/h6-8H2,1-5H3. The molecule has 2 heterocycles. The Hall–Kier alpha value is -1.34. The van der Waals surface area contributed by atoms with E-state index in [9.17, 15) is 9.59 Å². The van der Waals surface area contributed by atoms with Crippen molar-refractivity contribution in [3.8, 4) is 0 Å². The van der Waals surface area contributed by atoms with Gasteiger partial charge in [0.2, 0.25) is 5.91 Å². The summed E-state index contributed by atoms with van der Waals surface area (Å²) in [5.74, 6) is 0.375. The van der Waals surface area contributed by atoms with Gasteiger partial charge < -0.3 is 4.90 Å². The first-order valence-corrected chi connectivity index (χ1v) is 9.08. The van der Waals surface area contributed by atoms with Crippen molar-refractivity contribution in [2.45, 2.75) is 32.9 Å². The largest absolute Gasteiger partial charge is 0.343 e. The lowest BCUT2D eigenvalue weighted by molar-refractivity contribution is -0.127. The Labute approximate surface area is 138 Å². The zero-order valence-electron chi connectivity index (χ0n) is 13.6. The monoisotopic (exact) mass is 339 g/mol. The summed E-state index contributed by atoms with van der Waals surface area (Å²) in [6.45, 7) is 9.27. The van der Waals surface area contributed by atoms with E-state index in [1.165, 1.54) is 23.1 Å². The van der Waals surface area contributed by atoms with Crippen LogP contribution < -0.4 is 5.56 Å². The van der Waals surface area contributed by atoms with Crippen molar-refractivity contribution in [2.75, 3.05) is 18.8 Å². The van der Waals surface area contributed by atoms with E-state index in [1.54, 1.807) is 16.5 Å². The zero-order valence-corrected chi connectivity index (χ0v) is 15.2. The second kappa shape index (κ2) is 6.83. The summed E-state index contributed by atoms with van der Waals surface area (Å²) < 4.78 is 1.54. The van der Waals surface area contributed by atoms with E-state index >= 15 is 0 Å². The van der Waals surface area contributed by atoms with Gasteiger partial charge in [0, 0.05) is 25.0 Å². The summed E-state index contributed by atoms with van der Waals surface area (Å²) in [5.41, 5.74) is 0.966. The van der Waals surface area contributed by atoms with Crippen LogP contribution in [-0.2, 0) is 11.8 Å². The van der Waals surface area contributed by atoms with Crippen LogP contribution in [0.1, 0.15) is 24.3 Å². The van der Waals surface area contributed by atoms with Crippen LogP contribution in [0, 0.1) is 13.8 Å². The zero-order chi connectivity index (χ0) is 16.4. The van der Waals surface area contributed by atoms with Crippen molar-refractivity contribution in [1.29, 1.82) is 0 Å². The summed E-state index contributed by atoms with van der Waals surface area (Å²) in [4.78, 5) is 32.8. The number of aryl methyl sites for hydroxylation is 2. The number of carbonyl (C=O) groups excluding carboxylic acids is 1. The average Bonchev–Trinajstić information content (AvgIpc) is 2.77. The highest BCUT2D eigenvalue weighted by Crippen LogP contribution is 2.28. The second-order valence-corrected chi connectivity index (χ2v) is 7.22. The molecule has 120 valence electrons. The van der Waals surface area contributed by atoms with Crippen LogP contribution in [0.3, 0.4) is 0 Å². The summed E-state index contributed by atoms with van der Waals surface area (Å²) in [7, 11) is 1.71. The average molecular weight is 339 g/mol. The number of hydrogen-bond acceptors (Lipinski definition) is 5. The van der Waals surface area contributed by atoms with Gasteiger partial charge in [0.1, 0.15) is 4.83 Å². The molecule has 0 saturated heterocycles. The number of fused-ring (bicyclic) bond motifs is 1. The van der Waals surface area contributed by atoms with Crippen LogP contribution in [0.4, 0.5) is 0 Å². The molecule has 2 aromatic rings. The van der Waals surface area contributed by atoms with Crippen LogP contribution in [0.15, 0.2) is 9.95 Å². The highest BCUT2D eigenvalue weighted by Gasteiger charge is 2.16. The van der Waals surface area contributed by atoms with E-state index in [1.807, 2.05) is 27.7 Å². The van der Waals surface area contributed by atoms with E-state index in [-0.39, 0.29) is 11.5 Å². The maximum absolute atomic E-state index is 12.5. The molecule has 0 saturated carbocycles. The minimum Gasteiger partial charge on any atom is -0.343 e. The SMILES string of the molecule is CCN(CC)C(=O)CSc1nc2sc(C)c(C)c2c(=O)n1C. The molecule has 0 radical (unpaired) electrons. The van der Waals surface area contributed by atoms with Crippen molar-refractivity contribution < 1.29 is 4.79 Å². The Balaban J connectivity index is 2.31. The van der Waals surface area contributed by atoms with E-state index in [0.29, 0.717) is 29.4 Å². The smallest absolute Gasteiger partial charge is 0.262 e. The number of thioether (sulfide) groups is 1. The number of hydrogen-bond donors (Lipinski definition) is 0. The third-order valence-electron chi connectivity index (χ3n) is 3.81. The van der Waals surface area contributed by atoms with Gasteiger partial charge in [-0.15, -0.1) is 11.3 Å². The van der Waals surface area contributed by atoms with E-state index in [2.05, 4.69) is 4.98 Å². The predicted molar refractivity (Wildman–Crippen MR) is 93.0 cm³/mol. The summed E-state index contributed by atoms with van der Waals surface area (Å²) in [5, 5.41) is 1.30. The number of nitrogens with zero attached hydrogens (tertiary/aromatic N) is 3. The van der Waals surface area contributed by atoms with Crippen molar-refractivity contribution >= 4 is 39.2 Å². The molecule has 0 aromatic carbocycles. The fraction of sp³-hybridized carbons (Fsp3) is 0.533. The van der Waals surface area contributed by atoms with Crippen LogP contribution in [0.2, 0.25) is 0 Å².